The second-order valence-electron chi connectivity index (χ2n) is 7.44. The fourth-order valence-corrected chi connectivity index (χ4v) is 3.99. The number of amides is 2. The molecule has 4 rings (SSSR count). The summed E-state index contributed by atoms with van der Waals surface area (Å²) in [5, 5.41) is 3.49. The third-order valence-electron chi connectivity index (χ3n) is 5.25. The summed E-state index contributed by atoms with van der Waals surface area (Å²) in [6, 6.07) is 13.7. The van der Waals surface area contributed by atoms with Crippen LogP contribution in [0.25, 0.3) is 5.69 Å². The first kappa shape index (κ1) is 20.9. The molecule has 1 aliphatic rings. The van der Waals surface area contributed by atoms with Crippen LogP contribution in [0.15, 0.2) is 53.3 Å². The number of carbonyl (C=O) groups excluding carboxylic acids is 2. The molecule has 2 aromatic carbocycles. The molecule has 1 fully saturated rings. The van der Waals surface area contributed by atoms with Crippen LogP contribution >= 0.6 is 11.6 Å². The van der Waals surface area contributed by atoms with Crippen LogP contribution in [-0.2, 0) is 9.59 Å². The Morgan fingerprint density at radius 3 is 2.52 bits per heavy atom. The second-order valence-corrected chi connectivity index (χ2v) is 7.87. The van der Waals surface area contributed by atoms with Gasteiger partial charge in [0.25, 0.3) is 5.56 Å². The summed E-state index contributed by atoms with van der Waals surface area (Å²) in [5.41, 5.74) is 1.49. The van der Waals surface area contributed by atoms with Crippen molar-refractivity contribution < 1.29 is 14.3 Å². The first-order valence-corrected chi connectivity index (χ1v) is 10.5. The number of hydrogen-bond acceptors (Lipinski definition) is 4. The molecule has 0 radical (unpaired) electrons. The van der Waals surface area contributed by atoms with E-state index in [0.717, 1.165) is 11.3 Å². The van der Waals surface area contributed by atoms with Crippen molar-refractivity contribution >= 4 is 29.1 Å². The normalized spacial score (nSPS) is 16.2. The second kappa shape index (κ2) is 8.43. The molecule has 1 unspecified atom stereocenters. The van der Waals surface area contributed by atoms with Gasteiger partial charge in [0.05, 0.1) is 29.5 Å². The predicted molar refractivity (Wildman–Crippen MR) is 118 cm³/mol. The number of aromatic amines is 1. The van der Waals surface area contributed by atoms with E-state index in [-0.39, 0.29) is 17.9 Å². The lowest BCUT2D eigenvalue weighted by molar-refractivity contribution is -0.121. The number of carbonyl (C=O) groups is 2. The van der Waals surface area contributed by atoms with E-state index in [4.69, 9.17) is 16.3 Å². The van der Waals surface area contributed by atoms with Gasteiger partial charge in [-0.1, -0.05) is 24.6 Å². The molecular weight excluding hydrogens is 418 g/mol. The SMILES string of the molecule is CCCOc1ccc(N2C(=O)CC(c3c(C)[nH]n(-c4cccc(Cl)c4)c3=O)C2=O)cc1. The van der Waals surface area contributed by atoms with Crippen LogP contribution < -0.4 is 15.2 Å². The lowest BCUT2D eigenvalue weighted by atomic mass is 9.98. The van der Waals surface area contributed by atoms with Gasteiger partial charge in [-0.15, -0.1) is 0 Å². The molecule has 0 spiro atoms. The lowest BCUT2D eigenvalue weighted by Crippen LogP contribution is -2.31. The van der Waals surface area contributed by atoms with Crippen molar-refractivity contribution in [3.8, 4) is 11.4 Å². The van der Waals surface area contributed by atoms with Gasteiger partial charge >= 0.3 is 0 Å². The van der Waals surface area contributed by atoms with Crippen molar-refractivity contribution in [3.05, 3.63) is 75.2 Å². The Morgan fingerprint density at radius 1 is 1.10 bits per heavy atom. The van der Waals surface area contributed by atoms with Crippen LogP contribution in [0.3, 0.4) is 0 Å². The zero-order valence-corrected chi connectivity index (χ0v) is 18.0. The Balaban J connectivity index is 1.64. The van der Waals surface area contributed by atoms with Crippen molar-refractivity contribution in [3.63, 3.8) is 0 Å². The fourth-order valence-electron chi connectivity index (χ4n) is 3.81. The van der Waals surface area contributed by atoms with E-state index in [9.17, 15) is 14.4 Å². The van der Waals surface area contributed by atoms with Gasteiger partial charge in [0, 0.05) is 17.1 Å². The fraction of sp³-hybridized carbons (Fsp3) is 0.261. The summed E-state index contributed by atoms with van der Waals surface area (Å²) in [6.45, 7) is 4.33. The summed E-state index contributed by atoms with van der Waals surface area (Å²) in [6.07, 6.45) is 0.825. The molecule has 2 heterocycles. The molecule has 1 aliphatic heterocycles. The zero-order valence-electron chi connectivity index (χ0n) is 17.2. The Kier molecular flexibility index (Phi) is 5.69. The molecule has 7 nitrogen and oxygen atoms in total. The lowest BCUT2D eigenvalue weighted by Gasteiger charge is -2.15. The summed E-state index contributed by atoms with van der Waals surface area (Å²) < 4.78 is 6.90. The van der Waals surface area contributed by atoms with E-state index in [1.807, 2.05) is 6.92 Å². The smallest absolute Gasteiger partial charge is 0.275 e. The van der Waals surface area contributed by atoms with Crippen molar-refractivity contribution in [1.82, 2.24) is 9.78 Å². The summed E-state index contributed by atoms with van der Waals surface area (Å²) in [5.74, 6) is -0.920. The minimum Gasteiger partial charge on any atom is -0.494 e. The molecule has 2 amide bonds. The minimum absolute atomic E-state index is 0.0591. The van der Waals surface area contributed by atoms with E-state index >= 15 is 0 Å². The quantitative estimate of drug-likeness (QED) is 0.589. The van der Waals surface area contributed by atoms with Crippen molar-refractivity contribution in [2.75, 3.05) is 11.5 Å². The van der Waals surface area contributed by atoms with Crippen LogP contribution in [0, 0.1) is 6.92 Å². The molecule has 0 bridgehead atoms. The van der Waals surface area contributed by atoms with Gasteiger partial charge in [0.15, 0.2) is 0 Å². The van der Waals surface area contributed by atoms with E-state index in [2.05, 4.69) is 5.10 Å². The van der Waals surface area contributed by atoms with Crippen LogP contribution in [0.1, 0.15) is 36.9 Å². The van der Waals surface area contributed by atoms with Gasteiger partial charge < -0.3 is 4.74 Å². The Labute approximate surface area is 184 Å². The van der Waals surface area contributed by atoms with Crippen molar-refractivity contribution in [1.29, 1.82) is 0 Å². The number of aryl methyl sites for hydroxylation is 1. The number of nitrogens with zero attached hydrogens (tertiary/aromatic N) is 2. The minimum atomic E-state index is -0.840. The number of benzene rings is 2. The number of imide groups is 1. The molecule has 1 aromatic heterocycles. The van der Waals surface area contributed by atoms with Gasteiger partial charge in [-0.2, -0.15) is 0 Å². The number of halogens is 1. The zero-order chi connectivity index (χ0) is 22.1. The largest absolute Gasteiger partial charge is 0.494 e. The van der Waals surface area contributed by atoms with Crippen molar-refractivity contribution in [2.45, 2.75) is 32.6 Å². The van der Waals surface area contributed by atoms with E-state index in [1.165, 1.54) is 4.68 Å². The third-order valence-corrected chi connectivity index (χ3v) is 5.48. The average molecular weight is 440 g/mol. The molecule has 1 saturated heterocycles. The molecule has 0 saturated carbocycles. The highest BCUT2D eigenvalue weighted by Crippen LogP contribution is 2.34. The Morgan fingerprint density at radius 2 is 1.84 bits per heavy atom. The Bertz CT molecular complexity index is 1200. The number of aromatic nitrogens is 2. The first-order valence-electron chi connectivity index (χ1n) is 10.1. The Hall–Kier alpha value is -3.32. The molecule has 8 heteroatoms. The number of anilines is 1. The van der Waals surface area contributed by atoms with Gasteiger partial charge in [-0.3, -0.25) is 19.5 Å². The molecule has 31 heavy (non-hydrogen) atoms. The van der Waals surface area contributed by atoms with Gasteiger partial charge in [0.1, 0.15) is 5.75 Å². The van der Waals surface area contributed by atoms with Gasteiger partial charge in [0.2, 0.25) is 11.8 Å². The summed E-state index contributed by atoms with van der Waals surface area (Å²) >= 11 is 6.05. The highest BCUT2D eigenvalue weighted by molar-refractivity contribution is 6.30. The van der Waals surface area contributed by atoms with Gasteiger partial charge in [-0.05, 0) is 55.8 Å². The van der Waals surface area contributed by atoms with E-state index < -0.39 is 11.8 Å². The number of nitrogens with one attached hydrogen (secondary N) is 1. The maximum atomic E-state index is 13.2. The monoisotopic (exact) mass is 439 g/mol. The van der Waals surface area contributed by atoms with Crippen LogP contribution in [-0.4, -0.2) is 28.2 Å². The van der Waals surface area contributed by atoms with E-state index in [0.29, 0.717) is 40.0 Å². The van der Waals surface area contributed by atoms with Crippen LogP contribution in [0.5, 0.6) is 5.75 Å². The topological polar surface area (TPSA) is 84.4 Å². The maximum Gasteiger partial charge on any atom is 0.275 e. The molecule has 160 valence electrons. The molecule has 0 aliphatic carbocycles. The van der Waals surface area contributed by atoms with Crippen LogP contribution in [0.2, 0.25) is 5.02 Å². The molecule has 1 N–H and O–H groups in total. The highest BCUT2D eigenvalue weighted by Gasteiger charge is 2.43. The first-order chi connectivity index (χ1) is 14.9. The number of ether oxygens (including phenoxy) is 1. The third kappa shape index (κ3) is 3.88. The van der Waals surface area contributed by atoms with Gasteiger partial charge in [-0.25, -0.2) is 9.58 Å². The van der Waals surface area contributed by atoms with Crippen molar-refractivity contribution in [2.24, 2.45) is 0 Å². The number of rotatable bonds is 6. The maximum absolute atomic E-state index is 13.2. The molecule has 1 atom stereocenters. The number of hydrogen-bond donors (Lipinski definition) is 1. The molecular formula is C23H22ClN3O4. The van der Waals surface area contributed by atoms with Crippen LogP contribution in [0.4, 0.5) is 5.69 Å². The van der Waals surface area contributed by atoms with E-state index in [1.54, 1.807) is 55.5 Å². The summed E-state index contributed by atoms with van der Waals surface area (Å²) in [4.78, 5) is 40.1. The molecule has 3 aromatic rings. The number of H-pyrrole nitrogens is 1. The predicted octanol–water partition coefficient (Wildman–Crippen LogP) is 3.96. The highest BCUT2D eigenvalue weighted by atomic mass is 35.5. The summed E-state index contributed by atoms with van der Waals surface area (Å²) in [7, 11) is 0. The standard InChI is InChI=1S/C23H22ClN3O4/c1-3-11-31-18-9-7-16(8-10-18)26-20(28)13-19(22(26)29)21-14(2)25-27(23(21)30)17-6-4-5-15(24)12-17/h4-10,12,19,25H,3,11,13H2,1-2H3. The average Bonchev–Trinajstić information content (AvgIpc) is 3.21.